The summed E-state index contributed by atoms with van der Waals surface area (Å²) in [4.78, 5) is 45.1. The van der Waals surface area contributed by atoms with Crippen molar-refractivity contribution in [1.29, 1.82) is 0 Å². The van der Waals surface area contributed by atoms with Crippen molar-refractivity contribution in [3.8, 4) is 0 Å². The molecule has 3 atom stereocenters. The molecule has 9 nitrogen and oxygen atoms in total. The number of benzene rings is 1. The molecule has 0 saturated carbocycles. The molecule has 2 aromatic rings. The molecule has 3 aliphatic heterocycles. The number of carbonyl (C=O) groups is 3. The maximum Gasteiger partial charge on any atom is 0.273 e. The van der Waals surface area contributed by atoms with E-state index in [1.807, 2.05) is 0 Å². The van der Waals surface area contributed by atoms with Crippen molar-refractivity contribution in [2.24, 2.45) is 5.92 Å². The number of nitrogens with zero attached hydrogens (tertiary/aromatic N) is 3. The van der Waals surface area contributed by atoms with E-state index in [1.165, 1.54) is 17.4 Å². The minimum absolute atomic E-state index is 0.00386. The zero-order chi connectivity index (χ0) is 23.7. The first-order valence-electron chi connectivity index (χ1n) is 11.5. The molecule has 1 aromatic carbocycles. The first-order valence-corrected chi connectivity index (χ1v) is 12.5. The monoisotopic (exact) mass is 486 g/mol. The van der Waals surface area contributed by atoms with E-state index in [2.05, 4.69) is 21.2 Å². The Labute approximate surface area is 200 Å². The largest absolute Gasteiger partial charge is 0.335 e. The summed E-state index contributed by atoms with van der Waals surface area (Å²) in [5.41, 5.74) is 8.71. The van der Waals surface area contributed by atoms with Crippen molar-refractivity contribution in [3.63, 3.8) is 0 Å². The summed E-state index contributed by atoms with van der Waals surface area (Å²) in [6, 6.07) is 4.57. The number of thiazole rings is 1. The summed E-state index contributed by atoms with van der Waals surface area (Å²) in [6.45, 7) is 2.29. The van der Waals surface area contributed by atoms with Crippen molar-refractivity contribution in [2.45, 2.75) is 31.3 Å². The highest BCUT2D eigenvalue weighted by atomic mass is 32.1. The van der Waals surface area contributed by atoms with E-state index in [4.69, 9.17) is 0 Å². The van der Waals surface area contributed by atoms with E-state index in [0.717, 1.165) is 24.9 Å². The zero-order valence-electron chi connectivity index (χ0n) is 18.6. The predicted molar refractivity (Wildman–Crippen MR) is 124 cm³/mol. The number of fused-ring (bicyclic) bond motifs is 1. The van der Waals surface area contributed by atoms with Crippen molar-refractivity contribution in [1.82, 2.24) is 31.0 Å². The third-order valence-corrected chi connectivity index (χ3v) is 7.47. The van der Waals surface area contributed by atoms with Gasteiger partial charge in [0.05, 0.1) is 17.0 Å². The summed E-state index contributed by atoms with van der Waals surface area (Å²) in [7, 11) is 0. The van der Waals surface area contributed by atoms with Gasteiger partial charge in [0.2, 0.25) is 5.91 Å². The number of aromatic nitrogens is 1. The van der Waals surface area contributed by atoms with Crippen LogP contribution < -0.4 is 16.2 Å². The van der Waals surface area contributed by atoms with Crippen LogP contribution in [0.25, 0.3) is 0 Å². The third kappa shape index (κ3) is 4.55. The first-order chi connectivity index (χ1) is 16.5. The molecule has 3 fully saturated rings. The topological polar surface area (TPSA) is 107 Å². The van der Waals surface area contributed by atoms with Crippen LogP contribution in [0.15, 0.2) is 29.1 Å². The second kappa shape index (κ2) is 9.77. The summed E-state index contributed by atoms with van der Waals surface area (Å²) >= 11 is 1.36. The van der Waals surface area contributed by atoms with E-state index in [1.54, 1.807) is 32.8 Å². The van der Waals surface area contributed by atoms with Crippen molar-refractivity contribution in [3.05, 3.63) is 51.7 Å². The van der Waals surface area contributed by atoms with Crippen LogP contribution in [0.4, 0.5) is 4.39 Å². The Morgan fingerprint density at radius 1 is 1.15 bits per heavy atom. The smallest absolute Gasteiger partial charge is 0.273 e. The van der Waals surface area contributed by atoms with Gasteiger partial charge in [0.25, 0.3) is 11.8 Å². The molecule has 34 heavy (non-hydrogen) atoms. The molecular formula is C23H27FN6O3S. The minimum atomic E-state index is -0.562. The van der Waals surface area contributed by atoms with Crippen LogP contribution in [0.1, 0.15) is 39.3 Å². The molecule has 4 heterocycles. The number of rotatable bonds is 4. The summed E-state index contributed by atoms with van der Waals surface area (Å²) in [5, 5.41) is 5.14. The highest BCUT2D eigenvalue weighted by molar-refractivity contribution is 7.07. The Kier molecular flexibility index (Phi) is 6.57. The standard InChI is InChI=1S/C23H27FN6O3S/c24-17-4-3-14(11-18-20-15(2-1-5-25-20)21(31)28-27-18)10-16(17)22(32)29-6-8-30(9-7-29)23(33)19-12-34-13-26-19/h3-4,10,12-13,15,18,20,25,27H,1-2,5-9,11H2,(H,28,31). The van der Waals surface area contributed by atoms with E-state index < -0.39 is 5.82 Å². The Hall–Kier alpha value is -2.89. The molecule has 0 spiro atoms. The maximum absolute atomic E-state index is 14.7. The van der Waals surface area contributed by atoms with Gasteiger partial charge in [-0.2, -0.15) is 0 Å². The lowest BCUT2D eigenvalue weighted by atomic mass is 9.82. The van der Waals surface area contributed by atoms with E-state index in [9.17, 15) is 18.8 Å². The third-order valence-electron chi connectivity index (χ3n) is 6.88. The second-order valence-electron chi connectivity index (χ2n) is 8.95. The van der Waals surface area contributed by atoms with E-state index in [-0.39, 0.29) is 41.3 Å². The second-order valence-corrected chi connectivity index (χ2v) is 9.66. The number of piperazine rings is 1. The van der Waals surface area contributed by atoms with Crippen LogP contribution in [0.5, 0.6) is 0 Å². The molecule has 3 unspecified atom stereocenters. The summed E-state index contributed by atoms with van der Waals surface area (Å²) in [6.07, 6.45) is 2.34. The Bertz CT molecular complexity index is 1070. The van der Waals surface area contributed by atoms with Gasteiger partial charge in [-0.25, -0.2) is 14.8 Å². The molecule has 0 bridgehead atoms. The first kappa shape index (κ1) is 22.9. The normalized spacial score (nSPS) is 25.0. The van der Waals surface area contributed by atoms with E-state index >= 15 is 0 Å². The van der Waals surface area contributed by atoms with Gasteiger partial charge in [-0.3, -0.25) is 19.8 Å². The van der Waals surface area contributed by atoms with Gasteiger partial charge >= 0.3 is 0 Å². The number of piperidine rings is 1. The summed E-state index contributed by atoms with van der Waals surface area (Å²) in [5.74, 6) is -1.18. The number of hydrogen-bond donors (Lipinski definition) is 3. The van der Waals surface area contributed by atoms with Gasteiger partial charge in [-0.15, -0.1) is 11.3 Å². The van der Waals surface area contributed by atoms with E-state index in [0.29, 0.717) is 38.3 Å². The van der Waals surface area contributed by atoms with Crippen LogP contribution in [-0.4, -0.2) is 77.3 Å². The van der Waals surface area contributed by atoms with Gasteiger partial charge in [-0.05, 0) is 43.5 Å². The quantitative estimate of drug-likeness (QED) is 0.590. The highest BCUT2D eigenvalue weighted by Gasteiger charge is 2.40. The lowest BCUT2D eigenvalue weighted by Gasteiger charge is -2.41. The fraction of sp³-hybridized carbons (Fsp3) is 0.478. The van der Waals surface area contributed by atoms with Gasteiger partial charge < -0.3 is 15.1 Å². The fourth-order valence-electron chi connectivity index (χ4n) is 5.03. The molecule has 3 amide bonds. The fourth-order valence-corrected chi connectivity index (χ4v) is 5.56. The minimum Gasteiger partial charge on any atom is -0.335 e. The predicted octanol–water partition coefficient (Wildman–Crippen LogP) is 0.794. The number of hydrogen-bond acceptors (Lipinski definition) is 7. The molecule has 0 aliphatic carbocycles. The van der Waals surface area contributed by atoms with Crippen molar-refractivity contribution in [2.75, 3.05) is 32.7 Å². The number of nitrogens with one attached hydrogen (secondary N) is 3. The van der Waals surface area contributed by atoms with Crippen LogP contribution in [-0.2, 0) is 11.2 Å². The molecular weight excluding hydrogens is 459 g/mol. The van der Waals surface area contributed by atoms with Crippen LogP contribution in [0, 0.1) is 11.7 Å². The number of hydrazine groups is 1. The molecule has 3 saturated heterocycles. The molecule has 180 valence electrons. The number of amides is 3. The van der Waals surface area contributed by atoms with Crippen molar-refractivity contribution < 1.29 is 18.8 Å². The van der Waals surface area contributed by atoms with Crippen molar-refractivity contribution >= 4 is 29.1 Å². The van der Waals surface area contributed by atoms with Crippen LogP contribution in [0.2, 0.25) is 0 Å². The average Bonchev–Trinajstić information content (AvgIpc) is 3.41. The molecule has 1 aromatic heterocycles. The Balaban J connectivity index is 1.24. The maximum atomic E-state index is 14.7. The highest BCUT2D eigenvalue weighted by Crippen LogP contribution is 2.24. The molecule has 0 radical (unpaired) electrons. The van der Waals surface area contributed by atoms with Crippen LogP contribution in [0.3, 0.4) is 0 Å². The number of halogens is 1. The average molecular weight is 487 g/mol. The van der Waals surface area contributed by atoms with Gasteiger partial charge in [0, 0.05) is 43.6 Å². The van der Waals surface area contributed by atoms with Crippen LogP contribution >= 0.6 is 11.3 Å². The number of carbonyl (C=O) groups excluding carboxylic acids is 3. The SMILES string of the molecule is O=C1NNC(Cc2ccc(F)c(C(=O)N3CCN(C(=O)c4cscn4)CC3)c2)C2NCCCC12. The Morgan fingerprint density at radius 3 is 2.65 bits per heavy atom. The lowest BCUT2D eigenvalue weighted by molar-refractivity contribution is -0.131. The Morgan fingerprint density at radius 2 is 1.91 bits per heavy atom. The summed E-state index contributed by atoms with van der Waals surface area (Å²) < 4.78 is 14.7. The lowest BCUT2D eigenvalue weighted by Crippen LogP contribution is -2.67. The van der Waals surface area contributed by atoms with Gasteiger partial charge in [-0.1, -0.05) is 6.07 Å². The molecule has 3 aliphatic rings. The molecule has 3 N–H and O–H groups in total. The zero-order valence-corrected chi connectivity index (χ0v) is 19.4. The molecule has 11 heteroatoms. The van der Waals surface area contributed by atoms with Gasteiger partial charge in [0.1, 0.15) is 11.5 Å². The molecule has 5 rings (SSSR count). The van der Waals surface area contributed by atoms with Gasteiger partial charge in [0.15, 0.2) is 0 Å².